The lowest BCUT2D eigenvalue weighted by Gasteiger charge is -2.41. The van der Waals surface area contributed by atoms with Crippen molar-refractivity contribution in [3.63, 3.8) is 0 Å². The molecule has 0 radical (unpaired) electrons. The quantitative estimate of drug-likeness (QED) is 0.879. The van der Waals surface area contributed by atoms with Crippen LogP contribution in [-0.4, -0.2) is 58.6 Å². The highest BCUT2D eigenvalue weighted by Crippen LogP contribution is 2.34. The minimum atomic E-state index is 0.370. The van der Waals surface area contributed by atoms with E-state index in [4.69, 9.17) is 9.84 Å². The fraction of sp³-hybridized carbons (Fsp3) is 0.636. The number of rotatable bonds is 4. The van der Waals surface area contributed by atoms with Crippen molar-refractivity contribution in [1.82, 2.24) is 19.7 Å². The number of likely N-dealkylation sites (tertiary alicyclic amines) is 1. The van der Waals surface area contributed by atoms with Gasteiger partial charge < -0.3 is 10.1 Å². The van der Waals surface area contributed by atoms with Gasteiger partial charge in [-0.1, -0.05) is 0 Å². The Bertz CT molecular complexity index is 833. The lowest BCUT2D eigenvalue weighted by Crippen LogP contribution is -2.51. The van der Waals surface area contributed by atoms with Gasteiger partial charge in [0.15, 0.2) is 0 Å². The first-order valence-electron chi connectivity index (χ1n) is 10.8. The molecule has 0 bridgehead atoms. The lowest BCUT2D eigenvalue weighted by atomic mass is 9.91. The van der Waals surface area contributed by atoms with Crippen molar-refractivity contribution < 1.29 is 4.74 Å². The summed E-state index contributed by atoms with van der Waals surface area (Å²) in [6.45, 7) is 9.66. The molecule has 2 fully saturated rings. The fourth-order valence-corrected chi connectivity index (χ4v) is 4.75. The SMILES string of the molecule is CC(C)n1nc(-c2cnc3c(c2)CCCN3)cc1C1CCN(C2COC2)CC1. The van der Waals surface area contributed by atoms with Crippen molar-refractivity contribution in [3.8, 4) is 11.3 Å². The van der Waals surface area contributed by atoms with Crippen molar-refractivity contribution in [2.75, 3.05) is 38.2 Å². The van der Waals surface area contributed by atoms with Crippen molar-refractivity contribution in [2.45, 2.75) is 57.5 Å². The summed E-state index contributed by atoms with van der Waals surface area (Å²) in [5, 5.41) is 8.41. The van der Waals surface area contributed by atoms with E-state index in [1.165, 1.54) is 43.6 Å². The summed E-state index contributed by atoms with van der Waals surface area (Å²) in [5.41, 5.74) is 4.93. The first-order chi connectivity index (χ1) is 13.7. The van der Waals surface area contributed by atoms with Crippen LogP contribution in [0, 0.1) is 0 Å². The van der Waals surface area contributed by atoms with Gasteiger partial charge in [-0.15, -0.1) is 0 Å². The molecule has 0 atom stereocenters. The number of hydrogen-bond acceptors (Lipinski definition) is 5. The molecular weight excluding hydrogens is 350 g/mol. The van der Waals surface area contributed by atoms with Crippen molar-refractivity contribution in [1.29, 1.82) is 0 Å². The van der Waals surface area contributed by atoms with Gasteiger partial charge in [0, 0.05) is 36.0 Å². The molecule has 0 aromatic carbocycles. The van der Waals surface area contributed by atoms with E-state index in [1.807, 2.05) is 6.20 Å². The number of fused-ring (bicyclic) bond motifs is 1. The number of aryl methyl sites for hydroxylation is 1. The van der Waals surface area contributed by atoms with E-state index in [0.29, 0.717) is 18.0 Å². The van der Waals surface area contributed by atoms with Gasteiger partial charge in [-0.3, -0.25) is 9.58 Å². The van der Waals surface area contributed by atoms with E-state index >= 15 is 0 Å². The standard InChI is InChI=1S/C22H31N5O/c1-15(2)27-21(16-5-8-26(9-6-16)19-13-28-14-19)11-20(25-27)18-10-17-4-3-7-23-22(17)24-12-18/h10-12,15-16,19H,3-9,13-14H2,1-2H3,(H,23,24). The topological polar surface area (TPSA) is 55.2 Å². The van der Waals surface area contributed by atoms with Gasteiger partial charge in [-0.05, 0) is 70.3 Å². The van der Waals surface area contributed by atoms with Crippen LogP contribution < -0.4 is 5.32 Å². The Kier molecular flexibility index (Phi) is 4.85. The first-order valence-corrected chi connectivity index (χ1v) is 10.8. The van der Waals surface area contributed by atoms with E-state index in [1.54, 1.807) is 0 Å². The maximum absolute atomic E-state index is 5.38. The van der Waals surface area contributed by atoms with Gasteiger partial charge in [0.25, 0.3) is 0 Å². The summed E-state index contributed by atoms with van der Waals surface area (Å²) in [6.07, 6.45) is 6.67. The number of pyridine rings is 1. The number of ether oxygens (including phenoxy) is 1. The third-order valence-corrected chi connectivity index (χ3v) is 6.52. The van der Waals surface area contributed by atoms with Gasteiger partial charge in [0.05, 0.1) is 24.9 Å². The van der Waals surface area contributed by atoms with Crippen molar-refractivity contribution in [3.05, 3.63) is 29.6 Å². The van der Waals surface area contributed by atoms with Crippen molar-refractivity contribution in [2.24, 2.45) is 0 Å². The predicted octanol–water partition coefficient (Wildman–Crippen LogP) is 3.46. The largest absolute Gasteiger partial charge is 0.378 e. The predicted molar refractivity (Wildman–Crippen MR) is 111 cm³/mol. The monoisotopic (exact) mass is 381 g/mol. The molecule has 0 spiro atoms. The molecule has 0 aliphatic carbocycles. The van der Waals surface area contributed by atoms with E-state index in [-0.39, 0.29) is 0 Å². The van der Waals surface area contributed by atoms with Crippen LogP contribution in [0.15, 0.2) is 18.3 Å². The molecule has 0 saturated carbocycles. The Morgan fingerprint density at radius 3 is 2.71 bits per heavy atom. The molecule has 2 saturated heterocycles. The number of anilines is 1. The second kappa shape index (κ2) is 7.48. The van der Waals surface area contributed by atoms with Crippen LogP contribution in [0.4, 0.5) is 5.82 Å². The van der Waals surface area contributed by atoms with Gasteiger partial charge in [-0.25, -0.2) is 4.98 Å². The average molecular weight is 382 g/mol. The highest BCUT2D eigenvalue weighted by Gasteiger charge is 2.31. The van der Waals surface area contributed by atoms with Crippen LogP contribution in [0.3, 0.4) is 0 Å². The molecule has 6 nitrogen and oxygen atoms in total. The fourth-order valence-electron chi connectivity index (χ4n) is 4.75. The van der Waals surface area contributed by atoms with Crippen LogP contribution in [0.25, 0.3) is 11.3 Å². The molecule has 150 valence electrons. The summed E-state index contributed by atoms with van der Waals surface area (Å²) in [4.78, 5) is 7.27. The van der Waals surface area contributed by atoms with Crippen LogP contribution in [-0.2, 0) is 11.2 Å². The number of aromatic nitrogens is 3. The summed E-state index contributed by atoms with van der Waals surface area (Å²) < 4.78 is 7.63. The molecule has 5 rings (SSSR count). The van der Waals surface area contributed by atoms with E-state index in [2.05, 4.69) is 45.9 Å². The minimum Gasteiger partial charge on any atom is -0.378 e. The molecular formula is C22H31N5O. The molecule has 3 aliphatic rings. The Morgan fingerprint density at radius 2 is 2.00 bits per heavy atom. The number of piperidine rings is 1. The van der Waals surface area contributed by atoms with E-state index in [9.17, 15) is 0 Å². The molecule has 0 unspecified atom stereocenters. The van der Waals surface area contributed by atoms with Crippen LogP contribution in [0.2, 0.25) is 0 Å². The zero-order valence-corrected chi connectivity index (χ0v) is 17.0. The Labute approximate surface area is 167 Å². The Hall–Kier alpha value is -1.92. The number of nitrogens with one attached hydrogen (secondary N) is 1. The Morgan fingerprint density at radius 1 is 1.18 bits per heavy atom. The second-order valence-electron chi connectivity index (χ2n) is 8.76. The highest BCUT2D eigenvalue weighted by molar-refractivity contribution is 5.63. The van der Waals surface area contributed by atoms with Gasteiger partial charge in [0.2, 0.25) is 0 Å². The smallest absolute Gasteiger partial charge is 0.129 e. The molecule has 3 aliphatic heterocycles. The highest BCUT2D eigenvalue weighted by atomic mass is 16.5. The van der Waals surface area contributed by atoms with Crippen LogP contribution in [0.5, 0.6) is 0 Å². The molecule has 2 aromatic heterocycles. The van der Waals surface area contributed by atoms with Crippen LogP contribution in [0.1, 0.15) is 56.3 Å². The molecule has 0 amide bonds. The zero-order chi connectivity index (χ0) is 19.1. The molecule has 6 heteroatoms. The summed E-state index contributed by atoms with van der Waals surface area (Å²) in [5.74, 6) is 1.64. The normalized spacial score (nSPS) is 21.4. The van der Waals surface area contributed by atoms with Crippen LogP contribution >= 0.6 is 0 Å². The summed E-state index contributed by atoms with van der Waals surface area (Å²) in [7, 11) is 0. The zero-order valence-electron chi connectivity index (χ0n) is 17.0. The number of nitrogens with zero attached hydrogens (tertiary/aromatic N) is 4. The van der Waals surface area contributed by atoms with Gasteiger partial charge in [0.1, 0.15) is 5.82 Å². The van der Waals surface area contributed by atoms with Crippen molar-refractivity contribution >= 4 is 5.82 Å². The lowest BCUT2D eigenvalue weighted by molar-refractivity contribution is -0.0714. The maximum atomic E-state index is 5.38. The third-order valence-electron chi connectivity index (χ3n) is 6.52. The molecule has 5 heterocycles. The Balaban J connectivity index is 1.39. The molecule has 2 aromatic rings. The summed E-state index contributed by atoms with van der Waals surface area (Å²) >= 11 is 0. The second-order valence-corrected chi connectivity index (χ2v) is 8.76. The maximum Gasteiger partial charge on any atom is 0.129 e. The minimum absolute atomic E-state index is 0.370. The van der Waals surface area contributed by atoms with Gasteiger partial charge in [-0.2, -0.15) is 5.10 Å². The van der Waals surface area contributed by atoms with E-state index in [0.717, 1.165) is 43.3 Å². The van der Waals surface area contributed by atoms with Gasteiger partial charge >= 0.3 is 0 Å². The molecule has 1 N–H and O–H groups in total. The van der Waals surface area contributed by atoms with E-state index < -0.39 is 0 Å². The third kappa shape index (κ3) is 3.33. The first kappa shape index (κ1) is 18.1. The average Bonchev–Trinajstić information content (AvgIpc) is 3.13. The number of hydrogen-bond donors (Lipinski definition) is 1. The molecule has 28 heavy (non-hydrogen) atoms. The summed E-state index contributed by atoms with van der Waals surface area (Å²) in [6, 6.07) is 5.63.